The van der Waals surface area contributed by atoms with Crippen molar-refractivity contribution in [2.24, 2.45) is 0 Å². The predicted molar refractivity (Wildman–Crippen MR) is 79.9 cm³/mol. The zero-order chi connectivity index (χ0) is 13.4. The van der Waals surface area contributed by atoms with E-state index >= 15 is 0 Å². The summed E-state index contributed by atoms with van der Waals surface area (Å²) >= 11 is 3.17. The second-order valence-electron chi connectivity index (χ2n) is 4.83. The zero-order valence-electron chi connectivity index (χ0n) is 10.3. The Kier molecular flexibility index (Phi) is 3.19. The second kappa shape index (κ2) is 4.85. The molecule has 0 bridgehead atoms. The van der Waals surface area contributed by atoms with Crippen molar-refractivity contribution in [1.82, 2.24) is 0 Å². The molecule has 0 radical (unpaired) electrons. The summed E-state index contributed by atoms with van der Waals surface area (Å²) in [5.74, 6) is 0.177. The number of fused-ring (bicyclic) bond motifs is 1. The maximum atomic E-state index is 13.3. The van der Waals surface area contributed by atoms with Crippen molar-refractivity contribution in [3.8, 4) is 0 Å². The van der Waals surface area contributed by atoms with E-state index in [1.807, 2.05) is 0 Å². The lowest BCUT2D eigenvalue weighted by molar-refractivity contribution is 0.621. The molecule has 3 N–H and O–H groups in total. The van der Waals surface area contributed by atoms with Gasteiger partial charge in [0.2, 0.25) is 0 Å². The lowest BCUT2D eigenvalue weighted by atomic mass is 9.77. The van der Waals surface area contributed by atoms with Gasteiger partial charge in [-0.15, -0.1) is 0 Å². The molecule has 1 unspecified atom stereocenters. The highest BCUT2D eigenvalue weighted by Gasteiger charge is 2.25. The van der Waals surface area contributed by atoms with E-state index in [1.165, 1.54) is 17.2 Å². The summed E-state index contributed by atoms with van der Waals surface area (Å²) in [5.41, 5.74) is 9.84. The number of rotatable bonds is 3. The summed E-state index contributed by atoms with van der Waals surface area (Å²) in [7, 11) is 0. The highest BCUT2D eigenvalue weighted by molar-refractivity contribution is 9.10. The third kappa shape index (κ3) is 2.32. The van der Waals surface area contributed by atoms with E-state index < -0.39 is 0 Å². The number of hydrogen-bond donors (Lipinski definition) is 2. The smallest absolute Gasteiger partial charge is 0.139 e. The van der Waals surface area contributed by atoms with E-state index in [4.69, 9.17) is 5.73 Å². The summed E-state index contributed by atoms with van der Waals surface area (Å²) in [5, 5.41) is 3.30. The summed E-state index contributed by atoms with van der Waals surface area (Å²) in [6, 6.07) is 11.5. The van der Waals surface area contributed by atoms with E-state index in [9.17, 15) is 4.39 Å². The monoisotopic (exact) mass is 320 g/mol. The normalized spacial score (nSPS) is 16.6. The van der Waals surface area contributed by atoms with Crippen LogP contribution < -0.4 is 11.1 Å². The van der Waals surface area contributed by atoms with E-state index in [1.54, 1.807) is 6.07 Å². The Morgan fingerprint density at radius 3 is 2.89 bits per heavy atom. The van der Waals surface area contributed by atoms with E-state index in [0.29, 0.717) is 16.1 Å². The zero-order valence-corrected chi connectivity index (χ0v) is 11.9. The molecule has 1 aliphatic carbocycles. The predicted octanol–water partition coefficient (Wildman–Crippen LogP) is 3.92. The number of nitrogens with two attached hydrogens (primary N) is 1. The average Bonchev–Trinajstić information content (AvgIpc) is 2.36. The Morgan fingerprint density at radius 2 is 2.11 bits per heavy atom. The molecule has 0 saturated carbocycles. The summed E-state index contributed by atoms with van der Waals surface area (Å²) in [4.78, 5) is 0. The number of nitrogen functional groups attached to an aromatic ring is 1. The third-order valence-corrected chi connectivity index (χ3v) is 4.20. The first-order valence-electron chi connectivity index (χ1n) is 6.21. The van der Waals surface area contributed by atoms with Crippen molar-refractivity contribution in [2.75, 3.05) is 17.6 Å². The molecular weight excluding hydrogens is 307 g/mol. The quantitative estimate of drug-likeness (QED) is 0.841. The van der Waals surface area contributed by atoms with Crippen LogP contribution in [0.4, 0.5) is 15.8 Å². The van der Waals surface area contributed by atoms with Crippen LogP contribution in [0.1, 0.15) is 17.0 Å². The highest BCUT2D eigenvalue weighted by atomic mass is 79.9. The molecule has 19 heavy (non-hydrogen) atoms. The van der Waals surface area contributed by atoms with Crippen LogP contribution in [0.15, 0.2) is 40.9 Å². The molecule has 0 saturated heterocycles. The Labute approximate surface area is 120 Å². The van der Waals surface area contributed by atoms with Gasteiger partial charge in [0.15, 0.2) is 0 Å². The SMILES string of the molecule is Nc1cc(F)c(Br)cc1NCC1Cc2ccccc21. The number of anilines is 2. The van der Waals surface area contributed by atoms with E-state index in [0.717, 1.165) is 18.7 Å². The summed E-state index contributed by atoms with van der Waals surface area (Å²) in [6.45, 7) is 0.819. The number of benzene rings is 2. The first-order valence-corrected chi connectivity index (χ1v) is 7.00. The molecule has 0 amide bonds. The first kappa shape index (κ1) is 12.5. The van der Waals surface area contributed by atoms with Gasteiger partial charge >= 0.3 is 0 Å². The molecule has 3 rings (SSSR count). The molecule has 98 valence electrons. The second-order valence-corrected chi connectivity index (χ2v) is 5.69. The van der Waals surface area contributed by atoms with Crippen molar-refractivity contribution in [3.05, 3.63) is 57.8 Å². The van der Waals surface area contributed by atoms with Crippen molar-refractivity contribution in [3.63, 3.8) is 0 Å². The largest absolute Gasteiger partial charge is 0.397 e. The number of hydrogen-bond acceptors (Lipinski definition) is 2. The Balaban J connectivity index is 1.70. The molecule has 0 aliphatic heterocycles. The Morgan fingerprint density at radius 1 is 1.32 bits per heavy atom. The van der Waals surface area contributed by atoms with Crippen LogP contribution in [0.25, 0.3) is 0 Å². The molecular formula is C15H14BrFN2. The van der Waals surface area contributed by atoms with E-state index in [2.05, 4.69) is 45.5 Å². The maximum absolute atomic E-state index is 13.3. The van der Waals surface area contributed by atoms with Gasteiger partial charge in [-0.3, -0.25) is 0 Å². The van der Waals surface area contributed by atoms with E-state index in [-0.39, 0.29) is 5.82 Å². The van der Waals surface area contributed by atoms with Crippen LogP contribution in [0.5, 0.6) is 0 Å². The fourth-order valence-corrected chi connectivity index (χ4v) is 2.84. The summed E-state index contributed by atoms with van der Waals surface area (Å²) in [6.07, 6.45) is 1.09. The fourth-order valence-electron chi connectivity index (χ4n) is 2.49. The molecule has 1 atom stereocenters. The highest BCUT2D eigenvalue weighted by Crippen LogP contribution is 2.35. The summed E-state index contributed by atoms with van der Waals surface area (Å²) < 4.78 is 13.7. The minimum atomic E-state index is -0.336. The molecule has 0 fully saturated rings. The van der Waals surface area contributed by atoms with Gasteiger partial charge in [-0.1, -0.05) is 24.3 Å². The van der Waals surface area contributed by atoms with Crippen molar-refractivity contribution in [1.29, 1.82) is 0 Å². The third-order valence-electron chi connectivity index (χ3n) is 3.59. The molecule has 2 nitrogen and oxygen atoms in total. The topological polar surface area (TPSA) is 38.0 Å². The Hall–Kier alpha value is -1.55. The molecule has 4 heteroatoms. The van der Waals surface area contributed by atoms with Crippen LogP contribution in [0, 0.1) is 5.82 Å². The van der Waals surface area contributed by atoms with Gasteiger partial charge < -0.3 is 11.1 Å². The van der Waals surface area contributed by atoms with Gasteiger partial charge in [0.1, 0.15) is 5.82 Å². The van der Waals surface area contributed by atoms with Gasteiger partial charge in [-0.05, 0) is 39.5 Å². The molecule has 2 aromatic carbocycles. The van der Waals surface area contributed by atoms with Crippen molar-refractivity contribution in [2.45, 2.75) is 12.3 Å². The van der Waals surface area contributed by atoms with Gasteiger partial charge in [-0.25, -0.2) is 4.39 Å². The average molecular weight is 321 g/mol. The number of nitrogens with one attached hydrogen (secondary N) is 1. The number of halogens is 2. The lowest BCUT2D eigenvalue weighted by Gasteiger charge is -2.30. The molecule has 1 aliphatic rings. The van der Waals surface area contributed by atoms with Crippen molar-refractivity contribution >= 4 is 27.3 Å². The van der Waals surface area contributed by atoms with Crippen molar-refractivity contribution < 1.29 is 4.39 Å². The van der Waals surface area contributed by atoms with Gasteiger partial charge in [0.05, 0.1) is 15.8 Å². The van der Waals surface area contributed by atoms with Crippen LogP contribution in [-0.4, -0.2) is 6.54 Å². The van der Waals surface area contributed by atoms with Crippen LogP contribution in [-0.2, 0) is 6.42 Å². The molecule has 0 spiro atoms. The van der Waals surface area contributed by atoms with Crippen LogP contribution in [0.2, 0.25) is 0 Å². The van der Waals surface area contributed by atoms with Gasteiger partial charge in [0.25, 0.3) is 0 Å². The standard InChI is InChI=1S/C15H14BrFN2/c16-12-6-15(14(18)7-13(12)17)19-8-10-5-9-3-1-2-4-11(9)10/h1-4,6-7,10,19H,5,8,18H2. The first-order chi connectivity index (χ1) is 9.15. The van der Waals surface area contributed by atoms with Gasteiger partial charge in [0, 0.05) is 18.5 Å². The Bertz CT molecular complexity index is 628. The molecule has 0 aromatic heterocycles. The fraction of sp³-hybridized carbons (Fsp3) is 0.200. The van der Waals surface area contributed by atoms with Crippen LogP contribution >= 0.6 is 15.9 Å². The van der Waals surface area contributed by atoms with Gasteiger partial charge in [-0.2, -0.15) is 0 Å². The lowest BCUT2D eigenvalue weighted by Crippen LogP contribution is -2.24. The molecule has 0 heterocycles. The minimum Gasteiger partial charge on any atom is -0.397 e. The maximum Gasteiger partial charge on any atom is 0.139 e. The van der Waals surface area contributed by atoms with Crippen LogP contribution in [0.3, 0.4) is 0 Å². The minimum absolute atomic E-state index is 0.336. The molecule has 2 aromatic rings.